The van der Waals surface area contributed by atoms with Gasteiger partial charge in [-0.25, -0.2) is 0 Å². The Morgan fingerprint density at radius 1 is 1.22 bits per heavy atom. The van der Waals surface area contributed by atoms with E-state index in [9.17, 15) is 14.7 Å². The lowest BCUT2D eigenvalue weighted by molar-refractivity contribution is -0.160. The molecule has 0 spiro atoms. The molecule has 46 heavy (non-hydrogen) atoms. The number of fused-ring (bicyclic) bond motifs is 5. The summed E-state index contributed by atoms with van der Waals surface area (Å²) in [6.07, 6.45) is 5.14. The van der Waals surface area contributed by atoms with E-state index in [0.29, 0.717) is 17.1 Å². The van der Waals surface area contributed by atoms with Gasteiger partial charge in [0.15, 0.2) is 5.88 Å². The van der Waals surface area contributed by atoms with E-state index in [1.165, 1.54) is 0 Å². The Morgan fingerprint density at radius 3 is 2.54 bits per heavy atom. The van der Waals surface area contributed by atoms with Crippen LogP contribution in [-0.2, 0) is 30.2 Å². The first kappa shape index (κ1) is 36.0. The molecular formula is C37H53ClN2O6. The highest BCUT2D eigenvalue weighted by Gasteiger charge is 2.64. The van der Waals surface area contributed by atoms with Gasteiger partial charge in [0, 0.05) is 25.3 Å². The highest BCUT2D eigenvalue weighted by atomic mass is 35.5. The Bertz CT molecular complexity index is 1410. The lowest BCUT2D eigenvalue weighted by atomic mass is 9.81. The summed E-state index contributed by atoms with van der Waals surface area (Å²) >= 11 is 6.77. The van der Waals surface area contributed by atoms with Crippen molar-refractivity contribution in [2.24, 2.45) is 29.6 Å². The first-order valence-electron chi connectivity index (χ1n) is 16.5. The van der Waals surface area contributed by atoms with Gasteiger partial charge in [0.25, 0.3) is 0 Å². The van der Waals surface area contributed by atoms with Crippen LogP contribution in [0.1, 0.15) is 79.4 Å². The zero-order valence-electron chi connectivity index (χ0n) is 29.1. The van der Waals surface area contributed by atoms with Crippen LogP contribution >= 0.6 is 11.6 Å². The third kappa shape index (κ3) is 7.50. The van der Waals surface area contributed by atoms with Gasteiger partial charge in [-0.3, -0.25) is 9.59 Å². The summed E-state index contributed by atoms with van der Waals surface area (Å²) in [6.45, 7) is 21.9. The van der Waals surface area contributed by atoms with E-state index in [1.807, 2.05) is 78.8 Å². The Hall–Kier alpha value is -2.81. The number of anilines is 1. The summed E-state index contributed by atoms with van der Waals surface area (Å²) in [7, 11) is 1.70. The summed E-state index contributed by atoms with van der Waals surface area (Å²) in [5.41, 5.74) is 1.34. The number of benzene rings is 1. The predicted octanol–water partition coefficient (Wildman–Crippen LogP) is 6.87. The van der Waals surface area contributed by atoms with Crippen molar-refractivity contribution in [1.29, 1.82) is 0 Å². The molecule has 0 aliphatic carbocycles. The lowest BCUT2D eigenvalue weighted by Gasteiger charge is -2.44. The van der Waals surface area contributed by atoms with E-state index >= 15 is 0 Å². The number of esters is 1. The zero-order valence-corrected chi connectivity index (χ0v) is 29.9. The summed E-state index contributed by atoms with van der Waals surface area (Å²) in [5.74, 6) is -0.805. The van der Waals surface area contributed by atoms with E-state index in [0.717, 1.165) is 16.7 Å². The van der Waals surface area contributed by atoms with Crippen LogP contribution in [0.5, 0.6) is 0 Å². The molecule has 0 aromatic heterocycles. The molecule has 0 saturated carbocycles. The number of hydrogen-bond donors (Lipinski definition) is 2. The first-order valence-corrected chi connectivity index (χ1v) is 16.9. The Labute approximate surface area is 280 Å². The van der Waals surface area contributed by atoms with Crippen molar-refractivity contribution >= 4 is 29.2 Å². The molecule has 2 saturated heterocycles. The Morgan fingerprint density at radius 2 is 1.89 bits per heavy atom. The minimum absolute atomic E-state index is 0.0849. The molecule has 9 heteroatoms. The third-order valence-corrected chi connectivity index (χ3v) is 11.1. The van der Waals surface area contributed by atoms with Gasteiger partial charge >= 0.3 is 5.97 Å². The molecule has 1 aromatic rings. The molecule has 8 nitrogen and oxygen atoms in total. The monoisotopic (exact) mass is 656 g/mol. The van der Waals surface area contributed by atoms with Crippen molar-refractivity contribution in [2.45, 2.75) is 111 Å². The van der Waals surface area contributed by atoms with Gasteiger partial charge in [-0.2, -0.15) is 0 Å². The van der Waals surface area contributed by atoms with Crippen LogP contribution < -0.4 is 10.2 Å². The summed E-state index contributed by atoms with van der Waals surface area (Å²) < 4.78 is 18.7. The molecule has 0 radical (unpaired) electrons. The van der Waals surface area contributed by atoms with E-state index < -0.39 is 29.6 Å². The van der Waals surface area contributed by atoms with Crippen molar-refractivity contribution in [3.8, 4) is 0 Å². The van der Waals surface area contributed by atoms with Gasteiger partial charge < -0.3 is 29.5 Å². The number of amides is 1. The number of epoxide rings is 1. The third-order valence-electron chi connectivity index (χ3n) is 10.6. The zero-order chi connectivity index (χ0) is 34.3. The fraction of sp³-hybridized carbons (Fsp3) is 0.622. The second-order valence-electron chi connectivity index (χ2n) is 14.5. The standard InChI is InChI=1S/C37H53ClN2O6/c1-20(2)24(6)25(7)35(42)45-31-18-32(41)40(11)29-17-28(16-22(4)33(29)38)15-21(3)13-12-14-23(5)37(43)19-30(44-27(9)39-37)26(8)34-36(31,10)46-34/h12-14,16-17,20,23-26,30-31,34,39,43H,9,15,18-19H2,1-8,10-11H3/b14-12+,21-13+/t23?,24?,25-,26?,30?,31?,34?,36?,37?/m1/s1. The number of carbonyl (C=O) groups is 2. The molecule has 3 heterocycles. The number of aliphatic hydroxyl groups is 1. The average molecular weight is 657 g/mol. The molecule has 4 bridgehead atoms. The van der Waals surface area contributed by atoms with Crippen molar-refractivity contribution in [2.75, 3.05) is 11.9 Å². The fourth-order valence-electron chi connectivity index (χ4n) is 6.70. The number of rotatable bonds is 4. The topological polar surface area (TPSA) is 101 Å². The Balaban J connectivity index is 1.76. The van der Waals surface area contributed by atoms with Crippen molar-refractivity contribution in [3.05, 3.63) is 64.5 Å². The van der Waals surface area contributed by atoms with Gasteiger partial charge in [0.2, 0.25) is 5.91 Å². The average Bonchev–Trinajstić information content (AvgIpc) is 3.68. The van der Waals surface area contributed by atoms with Gasteiger partial charge in [0.1, 0.15) is 23.5 Å². The van der Waals surface area contributed by atoms with Crippen LogP contribution in [0.3, 0.4) is 0 Å². The number of ether oxygens (including phenoxy) is 3. The number of hydrogen-bond acceptors (Lipinski definition) is 7. The molecule has 3 aliphatic heterocycles. The molecule has 3 aliphatic rings. The molecule has 2 fully saturated rings. The van der Waals surface area contributed by atoms with Gasteiger partial charge in [-0.1, -0.05) is 83.0 Å². The minimum atomic E-state index is -1.30. The van der Waals surface area contributed by atoms with Gasteiger partial charge in [0.05, 0.1) is 29.2 Å². The largest absolute Gasteiger partial charge is 0.476 e. The lowest BCUT2D eigenvalue weighted by Crippen LogP contribution is -2.57. The van der Waals surface area contributed by atoms with E-state index in [-0.39, 0.29) is 60.2 Å². The summed E-state index contributed by atoms with van der Waals surface area (Å²) in [5, 5.41) is 15.3. The number of halogens is 1. The van der Waals surface area contributed by atoms with Crippen molar-refractivity contribution in [3.63, 3.8) is 0 Å². The first-order chi connectivity index (χ1) is 21.4. The number of carbonyl (C=O) groups excluding carboxylic acids is 2. The summed E-state index contributed by atoms with van der Waals surface area (Å²) in [4.78, 5) is 29.1. The molecule has 2 N–H and O–H groups in total. The minimum Gasteiger partial charge on any atom is -0.476 e. The maximum Gasteiger partial charge on any atom is 0.309 e. The van der Waals surface area contributed by atoms with E-state index in [4.69, 9.17) is 25.8 Å². The molecule has 9 atom stereocenters. The highest BCUT2D eigenvalue weighted by Crippen LogP contribution is 2.49. The maximum atomic E-state index is 14.0. The second kappa shape index (κ2) is 13.7. The van der Waals surface area contributed by atoms with Crippen LogP contribution in [-0.4, -0.2) is 53.7 Å². The highest BCUT2D eigenvalue weighted by molar-refractivity contribution is 6.34. The smallest absolute Gasteiger partial charge is 0.309 e. The van der Waals surface area contributed by atoms with Crippen molar-refractivity contribution < 1.29 is 28.9 Å². The molecule has 8 unspecified atom stereocenters. The molecule has 1 aromatic carbocycles. The maximum absolute atomic E-state index is 14.0. The fourth-order valence-corrected chi connectivity index (χ4v) is 6.93. The van der Waals surface area contributed by atoms with Crippen LogP contribution in [0.4, 0.5) is 5.69 Å². The molecule has 254 valence electrons. The quantitative estimate of drug-likeness (QED) is 0.270. The Kier molecular flexibility index (Phi) is 10.8. The van der Waals surface area contributed by atoms with Crippen LogP contribution in [0.15, 0.2) is 48.4 Å². The van der Waals surface area contributed by atoms with Gasteiger partial charge in [-0.15, -0.1) is 0 Å². The van der Waals surface area contributed by atoms with Crippen molar-refractivity contribution in [1.82, 2.24) is 5.32 Å². The number of allylic oxidation sites excluding steroid dienone is 3. The predicted molar refractivity (Wildman–Crippen MR) is 182 cm³/mol. The number of nitrogens with zero attached hydrogens (tertiary/aromatic N) is 1. The van der Waals surface area contributed by atoms with E-state index in [2.05, 4.69) is 25.7 Å². The SMILES string of the molecule is C=C1NC2(O)CC(O1)C(C)C1OC1(C)C(OC(=O)[C@H](C)C(C)C(C)C)CC(=O)N(C)c1cc(cc(C)c1Cl)C/C(C)=C/C=C/C2C. The van der Waals surface area contributed by atoms with E-state index in [1.54, 1.807) is 11.9 Å². The molecule has 4 rings (SSSR count). The molecule has 1 amide bonds. The normalized spacial score (nSPS) is 35.2. The second-order valence-corrected chi connectivity index (χ2v) is 14.9. The van der Waals surface area contributed by atoms with Crippen LogP contribution in [0.25, 0.3) is 0 Å². The van der Waals surface area contributed by atoms with Gasteiger partial charge in [-0.05, 0) is 62.8 Å². The number of aryl methyl sites for hydroxylation is 1. The van der Waals surface area contributed by atoms with Crippen LogP contribution in [0.2, 0.25) is 5.02 Å². The summed E-state index contributed by atoms with van der Waals surface area (Å²) in [6, 6.07) is 3.97. The number of nitrogens with one attached hydrogen (secondary N) is 1. The van der Waals surface area contributed by atoms with Crippen LogP contribution in [0, 0.1) is 36.5 Å². The molecular weight excluding hydrogens is 604 g/mol.